The Morgan fingerprint density at radius 1 is 1.24 bits per heavy atom. The molecule has 0 aliphatic carbocycles. The summed E-state index contributed by atoms with van der Waals surface area (Å²) in [6.45, 7) is 4.72. The third-order valence-electron chi connectivity index (χ3n) is 5.14. The van der Waals surface area contributed by atoms with Crippen molar-refractivity contribution in [1.29, 1.82) is 0 Å². The number of likely N-dealkylation sites (tertiary alicyclic amines) is 1. The number of carbonyl (C=O) groups excluding carboxylic acids is 2. The molecule has 0 spiro atoms. The molecule has 25 heavy (non-hydrogen) atoms. The van der Waals surface area contributed by atoms with Gasteiger partial charge in [-0.15, -0.1) is 0 Å². The van der Waals surface area contributed by atoms with Crippen LogP contribution in [0.1, 0.15) is 19.8 Å². The van der Waals surface area contributed by atoms with Crippen molar-refractivity contribution in [2.75, 3.05) is 45.2 Å². The van der Waals surface area contributed by atoms with E-state index in [4.69, 9.17) is 5.73 Å². The molecule has 0 aromatic heterocycles. The van der Waals surface area contributed by atoms with Crippen molar-refractivity contribution in [3.63, 3.8) is 0 Å². The van der Waals surface area contributed by atoms with E-state index >= 15 is 0 Å². The van der Waals surface area contributed by atoms with E-state index in [1.54, 1.807) is 4.90 Å². The third kappa shape index (κ3) is 5.19. The number of anilines is 1. The Bertz CT molecular complexity index is 578. The number of carbonyl (C=O) groups is 2. The van der Waals surface area contributed by atoms with E-state index in [0.29, 0.717) is 13.1 Å². The van der Waals surface area contributed by atoms with Crippen LogP contribution in [0.15, 0.2) is 30.3 Å². The van der Waals surface area contributed by atoms with Gasteiger partial charge in [0.1, 0.15) is 0 Å². The number of rotatable bonds is 7. The minimum absolute atomic E-state index is 0.0795. The van der Waals surface area contributed by atoms with E-state index in [9.17, 15) is 9.59 Å². The van der Waals surface area contributed by atoms with Crippen LogP contribution in [0.25, 0.3) is 0 Å². The maximum Gasteiger partial charge on any atom is 0.239 e. The van der Waals surface area contributed by atoms with Crippen molar-refractivity contribution < 1.29 is 9.59 Å². The van der Waals surface area contributed by atoms with Gasteiger partial charge in [-0.25, -0.2) is 0 Å². The van der Waals surface area contributed by atoms with Gasteiger partial charge < -0.3 is 15.5 Å². The Morgan fingerprint density at radius 3 is 2.56 bits per heavy atom. The molecule has 1 aromatic carbocycles. The zero-order valence-corrected chi connectivity index (χ0v) is 15.5. The summed E-state index contributed by atoms with van der Waals surface area (Å²) >= 11 is 0. The van der Waals surface area contributed by atoms with Crippen molar-refractivity contribution in [1.82, 2.24) is 9.80 Å². The molecule has 6 heteroatoms. The van der Waals surface area contributed by atoms with Crippen molar-refractivity contribution >= 4 is 17.5 Å². The topological polar surface area (TPSA) is 69.9 Å². The number of amides is 2. The summed E-state index contributed by atoms with van der Waals surface area (Å²) in [5.41, 5.74) is 6.57. The summed E-state index contributed by atoms with van der Waals surface area (Å²) in [5.74, 6) is -0.432. The fourth-order valence-electron chi connectivity index (χ4n) is 3.18. The van der Waals surface area contributed by atoms with Gasteiger partial charge in [-0.2, -0.15) is 0 Å². The smallest absolute Gasteiger partial charge is 0.239 e. The molecule has 0 saturated carbocycles. The zero-order valence-electron chi connectivity index (χ0n) is 15.5. The fourth-order valence-corrected chi connectivity index (χ4v) is 3.18. The van der Waals surface area contributed by atoms with E-state index in [-0.39, 0.29) is 23.8 Å². The lowest BCUT2D eigenvalue weighted by Gasteiger charge is -2.35. The second-order valence-electron chi connectivity index (χ2n) is 6.94. The second-order valence-corrected chi connectivity index (χ2v) is 6.94. The third-order valence-corrected chi connectivity index (χ3v) is 5.14. The van der Waals surface area contributed by atoms with E-state index in [1.807, 2.05) is 32.2 Å². The van der Waals surface area contributed by atoms with Gasteiger partial charge in [0.15, 0.2) is 0 Å². The molecule has 1 fully saturated rings. The van der Waals surface area contributed by atoms with Gasteiger partial charge >= 0.3 is 0 Å². The Hall–Kier alpha value is -2.08. The van der Waals surface area contributed by atoms with Crippen LogP contribution in [0.3, 0.4) is 0 Å². The highest BCUT2D eigenvalue weighted by atomic mass is 16.2. The molecule has 138 valence electrons. The number of likely N-dealkylation sites (N-methyl/N-ethyl adjacent to an activating group) is 2. The minimum atomic E-state index is -0.303. The van der Waals surface area contributed by atoms with Crippen LogP contribution in [0.5, 0.6) is 0 Å². The summed E-state index contributed by atoms with van der Waals surface area (Å²) in [5, 5.41) is 0. The van der Waals surface area contributed by atoms with Crippen molar-refractivity contribution in [2.24, 2.45) is 11.7 Å². The maximum absolute atomic E-state index is 12.7. The molecule has 1 heterocycles. The first-order valence-electron chi connectivity index (χ1n) is 8.94. The lowest BCUT2D eigenvalue weighted by molar-refractivity contribution is -0.139. The van der Waals surface area contributed by atoms with Crippen LogP contribution in [-0.4, -0.2) is 67.9 Å². The first-order chi connectivity index (χ1) is 11.9. The molecule has 2 atom stereocenters. The molecule has 0 radical (unpaired) electrons. The lowest BCUT2D eigenvalue weighted by atomic mass is 9.97. The highest BCUT2D eigenvalue weighted by Gasteiger charge is 2.30. The highest BCUT2D eigenvalue weighted by Crippen LogP contribution is 2.18. The van der Waals surface area contributed by atoms with Crippen LogP contribution in [0.4, 0.5) is 5.69 Å². The van der Waals surface area contributed by atoms with Gasteiger partial charge in [-0.1, -0.05) is 18.2 Å². The lowest BCUT2D eigenvalue weighted by Crippen LogP contribution is -2.51. The van der Waals surface area contributed by atoms with Crippen LogP contribution in [0.2, 0.25) is 0 Å². The van der Waals surface area contributed by atoms with E-state index in [2.05, 4.69) is 29.0 Å². The van der Waals surface area contributed by atoms with Gasteiger partial charge in [-0.3, -0.25) is 14.5 Å². The Balaban J connectivity index is 1.85. The van der Waals surface area contributed by atoms with E-state index in [0.717, 1.165) is 31.6 Å². The number of piperidine rings is 1. The summed E-state index contributed by atoms with van der Waals surface area (Å²) in [6, 6.07) is 9.98. The zero-order chi connectivity index (χ0) is 18.4. The molecule has 2 N–H and O–H groups in total. The number of benzene rings is 1. The fraction of sp³-hybridized carbons (Fsp3) is 0.579. The maximum atomic E-state index is 12.7. The summed E-state index contributed by atoms with van der Waals surface area (Å²) in [6.07, 6.45) is 1.62. The van der Waals surface area contributed by atoms with Crippen LogP contribution < -0.4 is 10.6 Å². The predicted octanol–water partition coefficient (Wildman–Crippen LogP) is 1.17. The second kappa shape index (κ2) is 8.85. The number of hydrogen-bond acceptors (Lipinski definition) is 4. The molecule has 2 amide bonds. The summed E-state index contributed by atoms with van der Waals surface area (Å²) < 4.78 is 0. The monoisotopic (exact) mass is 346 g/mol. The molecule has 0 unspecified atom stereocenters. The minimum Gasteiger partial charge on any atom is -0.373 e. The van der Waals surface area contributed by atoms with E-state index in [1.165, 1.54) is 0 Å². The first kappa shape index (κ1) is 19.2. The average Bonchev–Trinajstić information content (AvgIpc) is 2.65. The Labute approximate surface area is 150 Å². The van der Waals surface area contributed by atoms with Crippen molar-refractivity contribution in [3.05, 3.63) is 30.3 Å². The van der Waals surface area contributed by atoms with Crippen LogP contribution in [0, 0.1) is 5.92 Å². The number of nitrogens with zero attached hydrogens (tertiary/aromatic N) is 3. The number of nitrogens with two attached hydrogens (primary N) is 1. The summed E-state index contributed by atoms with van der Waals surface area (Å²) in [4.78, 5) is 30.2. The molecule has 0 bridgehead atoms. The van der Waals surface area contributed by atoms with Crippen LogP contribution >= 0.6 is 0 Å². The van der Waals surface area contributed by atoms with Gasteiger partial charge in [0.25, 0.3) is 0 Å². The quantitative estimate of drug-likeness (QED) is 0.804. The number of primary amides is 1. The normalized spacial score (nSPS) is 18.9. The van der Waals surface area contributed by atoms with Gasteiger partial charge in [-0.05, 0) is 38.9 Å². The van der Waals surface area contributed by atoms with Crippen molar-refractivity contribution in [2.45, 2.75) is 25.8 Å². The highest BCUT2D eigenvalue weighted by molar-refractivity contribution is 5.83. The SMILES string of the molecule is C[C@H](C(=O)N1CCC[C@@H](C(N)=O)C1)N(C)CCN(C)c1ccccc1. The predicted molar refractivity (Wildman–Crippen MR) is 100 cm³/mol. The molecule has 2 rings (SSSR count). The molecule has 1 aromatic rings. The number of hydrogen-bond donors (Lipinski definition) is 1. The van der Waals surface area contributed by atoms with Crippen molar-refractivity contribution in [3.8, 4) is 0 Å². The standard InChI is InChI=1S/C19H30N4O2/c1-15(19(25)23-11-7-8-16(14-23)18(20)24)21(2)12-13-22(3)17-9-5-4-6-10-17/h4-6,9-10,15-16H,7-8,11-14H2,1-3H3,(H2,20,24)/t15-,16-/m1/s1. The van der Waals surface area contributed by atoms with Crippen LogP contribution in [-0.2, 0) is 9.59 Å². The average molecular weight is 346 g/mol. The van der Waals surface area contributed by atoms with E-state index < -0.39 is 0 Å². The first-order valence-corrected chi connectivity index (χ1v) is 8.94. The molecular weight excluding hydrogens is 316 g/mol. The molecule has 6 nitrogen and oxygen atoms in total. The molecule has 1 aliphatic rings. The van der Waals surface area contributed by atoms with Gasteiger partial charge in [0.05, 0.1) is 12.0 Å². The number of para-hydroxylation sites is 1. The Morgan fingerprint density at radius 2 is 1.92 bits per heavy atom. The van der Waals surface area contributed by atoms with Gasteiger partial charge in [0, 0.05) is 38.9 Å². The molecular formula is C19H30N4O2. The van der Waals surface area contributed by atoms with Gasteiger partial charge in [0.2, 0.25) is 11.8 Å². The molecule has 1 saturated heterocycles. The largest absolute Gasteiger partial charge is 0.373 e. The summed E-state index contributed by atoms with van der Waals surface area (Å²) in [7, 11) is 4.02. The molecule has 1 aliphatic heterocycles. The Kier molecular flexibility index (Phi) is 6.82.